The SMILES string of the molecule is CC(=O)Nc1ccc2c(CSc3nnc(-c4cccnc4)n3-c3ccccc3C)cc(=O)oc2c1. The molecular weight excluding hydrogens is 462 g/mol. The minimum Gasteiger partial charge on any atom is -0.423 e. The minimum absolute atomic E-state index is 0.196. The van der Waals surface area contributed by atoms with Crippen LogP contribution in [0.5, 0.6) is 0 Å². The van der Waals surface area contributed by atoms with Crippen molar-refractivity contribution in [1.29, 1.82) is 0 Å². The molecule has 0 atom stereocenters. The van der Waals surface area contributed by atoms with Gasteiger partial charge in [-0.15, -0.1) is 10.2 Å². The molecule has 0 spiro atoms. The molecule has 0 radical (unpaired) electrons. The number of amides is 1. The molecule has 1 amide bonds. The third kappa shape index (κ3) is 4.71. The molecule has 5 aromatic rings. The van der Waals surface area contributed by atoms with Gasteiger partial charge in [-0.2, -0.15) is 0 Å². The Hall–Kier alpha value is -4.24. The van der Waals surface area contributed by atoms with Crippen LogP contribution >= 0.6 is 11.8 Å². The summed E-state index contributed by atoms with van der Waals surface area (Å²) in [5, 5.41) is 13.1. The average molecular weight is 484 g/mol. The number of anilines is 1. The van der Waals surface area contributed by atoms with E-state index in [1.54, 1.807) is 24.5 Å². The molecule has 3 heterocycles. The van der Waals surface area contributed by atoms with E-state index in [-0.39, 0.29) is 5.91 Å². The number of hydrogen-bond donors (Lipinski definition) is 1. The first-order valence-corrected chi connectivity index (χ1v) is 11.9. The first kappa shape index (κ1) is 22.5. The van der Waals surface area contributed by atoms with Crippen LogP contribution in [-0.4, -0.2) is 25.7 Å². The highest BCUT2D eigenvalue weighted by atomic mass is 32.2. The number of nitrogens with zero attached hydrogens (tertiary/aromatic N) is 4. The Balaban J connectivity index is 1.54. The smallest absolute Gasteiger partial charge is 0.336 e. The molecule has 0 bridgehead atoms. The van der Waals surface area contributed by atoms with Crippen LogP contribution in [0.15, 0.2) is 87.4 Å². The lowest BCUT2D eigenvalue weighted by atomic mass is 10.1. The number of aryl methyl sites for hydroxylation is 1. The number of hydrogen-bond acceptors (Lipinski definition) is 7. The molecular formula is C26H21N5O3S. The molecule has 1 N–H and O–H groups in total. The first-order valence-electron chi connectivity index (χ1n) is 10.9. The molecule has 0 fully saturated rings. The number of fused-ring (bicyclic) bond motifs is 1. The van der Waals surface area contributed by atoms with Gasteiger partial charge < -0.3 is 9.73 Å². The van der Waals surface area contributed by atoms with Gasteiger partial charge in [0.15, 0.2) is 11.0 Å². The van der Waals surface area contributed by atoms with Crippen LogP contribution in [0, 0.1) is 6.92 Å². The Kier molecular flexibility index (Phi) is 6.15. The van der Waals surface area contributed by atoms with Crippen LogP contribution in [0.2, 0.25) is 0 Å². The van der Waals surface area contributed by atoms with Crippen LogP contribution in [0.4, 0.5) is 5.69 Å². The monoisotopic (exact) mass is 483 g/mol. The van der Waals surface area contributed by atoms with E-state index in [9.17, 15) is 9.59 Å². The van der Waals surface area contributed by atoms with E-state index in [0.29, 0.717) is 28.0 Å². The van der Waals surface area contributed by atoms with Crippen LogP contribution in [0.1, 0.15) is 18.1 Å². The molecule has 174 valence electrons. The normalized spacial score (nSPS) is 11.0. The highest BCUT2D eigenvalue weighted by Crippen LogP contribution is 2.32. The maximum Gasteiger partial charge on any atom is 0.336 e. The zero-order chi connectivity index (χ0) is 24.4. The Bertz CT molecular complexity index is 1590. The van der Waals surface area contributed by atoms with Gasteiger partial charge in [-0.05, 0) is 48.4 Å². The van der Waals surface area contributed by atoms with Gasteiger partial charge in [-0.3, -0.25) is 14.3 Å². The second-order valence-electron chi connectivity index (χ2n) is 7.94. The number of carbonyl (C=O) groups is 1. The van der Waals surface area contributed by atoms with Gasteiger partial charge in [0.25, 0.3) is 0 Å². The molecule has 9 heteroatoms. The van der Waals surface area contributed by atoms with Gasteiger partial charge in [0.05, 0.1) is 5.69 Å². The highest BCUT2D eigenvalue weighted by molar-refractivity contribution is 7.98. The van der Waals surface area contributed by atoms with Crippen LogP contribution < -0.4 is 10.9 Å². The number of aromatic nitrogens is 4. The van der Waals surface area contributed by atoms with Crippen LogP contribution in [0.3, 0.4) is 0 Å². The molecule has 0 saturated carbocycles. The standard InChI is InChI=1S/C26H21N5O3S/c1-16-6-3-4-8-22(16)31-25(18-7-5-11-27-14-18)29-30-26(31)35-15-19-12-24(33)34-23-13-20(28-17(2)32)9-10-21(19)23/h3-14H,15H2,1-2H3,(H,28,32). The highest BCUT2D eigenvalue weighted by Gasteiger charge is 2.18. The topological polar surface area (TPSA) is 103 Å². The van der Waals surface area contributed by atoms with Gasteiger partial charge in [0.1, 0.15) is 5.58 Å². The molecule has 8 nitrogen and oxygen atoms in total. The summed E-state index contributed by atoms with van der Waals surface area (Å²) in [5.41, 5.74) is 4.23. The zero-order valence-corrected chi connectivity index (χ0v) is 19.9. The Labute approximate surface area is 205 Å². The van der Waals surface area contributed by atoms with Crippen LogP contribution in [0.25, 0.3) is 28.0 Å². The van der Waals surface area contributed by atoms with Crippen molar-refractivity contribution in [1.82, 2.24) is 19.7 Å². The number of thioether (sulfide) groups is 1. The number of para-hydroxylation sites is 1. The van der Waals surface area contributed by atoms with Crippen molar-refractivity contribution in [3.63, 3.8) is 0 Å². The van der Waals surface area contributed by atoms with Gasteiger partial charge in [-0.1, -0.05) is 30.0 Å². The second-order valence-corrected chi connectivity index (χ2v) is 8.88. The summed E-state index contributed by atoms with van der Waals surface area (Å²) in [7, 11) is 0. The van der Waals surface area contributed by atoms with Crippen molar-refractivity contribution < 1.29 is 9.21 Å². The summed E-state index contributed by atoms with van der Waals surface area (Å²) < 4.78 is 7.40. The van der Waals surface area contributed by atoms with Crippen molar-refractivity contribution in [2.75, 3.05) is 5.32 Å². The van der Waals surface area contributed by atoms with Gasteiger partial charge >= 0.3 is 5.63 Å². The maximum absolute atomic E-state index is 12.3. The predicted octanol–water partition coefficient (Wildman–Crippen LogP) is 4.99. The lowest BCUT2D eigenvalue weighted by Crippen LogP contribution is -2.06. The summed E-state index contributed by atoms with van der Waals surface area (Å²) >= 11 is 1.48. The fraction of sp³-hybridized carbons (Fsp3) is 0.115. The predicted molar refractivity (Wildman–Crippen MR) is 136 cm³/mol. The first-order chi connectivity index (χ1) is 17.0. The second kappa shape index (κ2) is 9.55. The average Bonchev–Trinajstić information content (AvgIpc) is 3.26. The fourth-order valence-electron chi connectivity index (χ4n) is 3.85. The van der Waals surface area contributed by atoms with Crippen molar-refractivity contribution in [2.24, 2.45) is 0 Å². The molecule has 0 aliphatic rings. The summed E-state index contributed by atoms with van der Waals surface area (Å²) in [6.07, 6.45) is 3.48. The van der Waals surface area contributed by atoms with E-state index in [1.165, 1.54) is 24.8 Å². The van der Waals surface area contributed by atoms with Gasteiger partial charge in [0, 0.05) is 53.8 Å². The number of benzene rings is 2. The third-order valence-corrected chi connectivity index (χ3v) is 6.39. The lowest BCUT2D eigenvalue weighted by Gasteiger charge is -2.13. The Morgan fingerprint density at radius 1 is 1.09 bits per heavy atom. The summed E-state index contributed by atoms with van der Waals surface area (Å²) in [6, 6.07) is 18.6. The summed E-state index contributed by atoms with van der Waals surface area (Å²) in [4.78, 5) is 27.9. The van der Waals surface area contributed by atoms with Crippen molar-refractivity contribution >= 4 is 34.3 Å². The van der Waals surface area contributed by atoms with Crippen molar-refractivity contribution in [3.05, 3.63) is 94.6 Å². The van der Waals surface area contributed by atoms with E-state index in [2.05, 4.69) is 20.5 Å². The Morgan fingerprint density at radius 2 is 1.94 bits per heavy atom. The van der Waals surface area contributed by atoms with Crippen LogP contribution in [-0.2, 0) is 10.5 Å². The minimum atomic E-state index is -0.454. The number of pyridine rings is 1. The number of nitrogens with one attached hydrogen (secondary N) is 1. The molecule has 5 rings (SSSR count). The Morgan fingerprint density at radius 3 is 2.71 bits per heavy atom. The van der Waals surface area contributed by atoms with E-state index in [4.69, 9.17) is 4.42 Å². The molecule has 3 aromatic heterocycles. The van der Waals surface area contributed by atoms with Crippen molar-refractivity contribution in [3.8, 4) is 17.1 Å². The number of rotatable bonds is 6. The summed E-state index contributed by atoms with van der Waals surface area (Å²) in [6.45, 7) is 3.47. The quantitative estimate of drug-likeness (QED) is 0.268. The van der Waals surface area contributed by atoms with E-state index in [0.717, 1.165) is 27.8 Å². The molecule has 0 aliphatic carbocycles. The zero-order valence-electron chi connectivity index (χ0n) is 19.1. The largest absolute Gasteiger partial charge is 0.423 e. The summed E-state index contributed by atoms with van der Waals surface area (Å²) in [5.74, 6) is 0.962. The molecule has 2 aromatic carbocycles. The molecule has 0 saturated heterocycles. The molecule has 35 heavy (non-hydrogen) atoms. The third-order valence-electron chi connectivity index (χ3n) is 5.42. The van der Waals surface area contributed by atoms with Gasteiger partial charge in [0.2, 0.25) is 5.91 Å². The molecule has 0 unspecified atom stereocenters. The maximum atomic E-state index is 12.3. The molecule has 0 aliphatic heterocycles. The lowest BCUT2D eigenvalue weighted by molar-refractivity contribution is -0.114. The van der Waals surface area contributed by atoms with E-state index in [1.807, 2.05) is 54.0 Å². The van der Waals surface area contributed by atoms with E-state index >= 15 is 0 Å². The van der Waals surface area contributed by atoms with Crippen molar-refractivity contribution in [2.45, 2.75) is 24.8 Å². The fourth-order valence-corrected chi connectivity index (χ4v) is 4.79. The van der Waals surface area contributed by atoms with Gasteiger partial charge in [-0.25, -0.2) is 4.79 Å². The number of carbonyl (C=O) groups excluding carboxylic acids is 1. The van der Waals surface area contributed by atoms with E-state index < -0.39 is 5.63 Å².